The maximum atomic E-state index is 11.7. The van der Waals surface area contributed by atoms with E-state index in [9.17, 15) is 9.59 Å². The van der Waals surface area contributed by atoms with Gasteiger partial charge < -0.3 is 15.2 Å². The third-order valence-electron chi connectivity index (χ3n) is 2.25. The monoisotopic (exact) mass is 269 g/mol. The molecule has 2 N–H and O–H groups in total. The summed E-state index contributed by atoms with van der Waals surface area (Å²) in [5.74, 6) is -1.62. The van der Waals surface area contributed by atoms with Crippen LogP contribution >= 0.6 is 0 Å². The van der Waals surface area contributed by atoms with Crippen molar-refractivity contribution in [2.24, 2.45) is 7.05 Å². The Balaban J connectivity index is 2.65. The normalized spacial score (nSPS) is 13.1. The van der Waals surface area contributed by atoms with E-state index in [1.165, 1.54) is 10.9 Å². The van der Waals surface area contributed by atoms with Gasteiger partial charge in [-0.25, -0.2) is 4.79 Å². The smallest absolute Gasteiger partial charge is 0.331 e. The van der Waals surface area contributed by atoms with Gasteiger partial charge in [-0.15, -0.1) is 0 Å². The van der Waals surface area contributed by atoms with Gasteiger partial charge in [-0.2, -0.15) is 5.10 Å². The van der Waals surface area contributed by atoms with Gasteiger partial charge in [0.15, 0.2) is 6.04 Å². The first-order valence-electron chi connectivity index (χ1n) is 5.84. The summed E-state index contributed by atoms with van der Waals surface area (Å²) in [5, 5.41) is 15.4. The van der Waals surface area contributed by atoms with Crippen LogP contribution in [0.5, 0.6) is 0 Å². The highest BCUT2D eigenvalue weighted by Gasteiger charge is 2.24. The second-order valence-corrected chi connectivity index (χ2v) is 5.19. The molecule has 0 spiro atoms. The number of aromatic nitrogens is 2. The van der Waals surface area contributed by atoms with Crippen LogP contribution < -0.4 is 5.32 Å². The second-order valence-electron chi connectivity index (χ2n) is 5.19. The predicted molar refractivity (Wildman–Crippen MR) is 67.4 cm³/mol. The van der Waals surface area contributed by atoms with Crippen molar-refractivity contribution in [2.45, 2.75) is 32.4 Å². The first-order chi connectivity index (χ1) is 8.69. The largest absolute Gasteiger partial charge is 0.479 e. The van der Waals surface area contributed by atoms with Crippen molar-refractivity contribution in [3.63, 3.8) is 0 Å². The number of hydrogen-bond acceptors (Lipinski definition) is 4. The van der Waals surface area contributed by atoms with Crippen LogP contribution in [-0.4, -0.2) is 39.0 Å². The number of nitrogens with zero attached hydrogens (tertiary/aromatic N) is 2. The molecule has 0 aliphatic rings. The SMILES string of the molecule is Cn1cc(C(NC(=O)COC(C)(C)C)C(=O)O)cn1. The van der Waals surface area contributed by atoms with Crippen LogP contribution in [0.2, 0.25) is 0 Å². The highest BCUT2D eigenvalue weighted by molar-refractivity contribution is 5.85. The molecule has 0 aliphatic heterocycles. The molecule has 1 amide bonds. The van der Waals surface area contributed by atoms with Crippen molar-refractivity contribution < 1.29 is 19.4 Å². The topological polar surface area (TPSA) is 93.5 Å². The fourth-order valence-corrected chi connectivity index (χ4v) is 1.36. The van der Waals surface area contributed by atoms with E-state index in [-0.39, 0.29) is 6.61 Å². The first kappa shape index (κ1) is 15.2. The van der Waals surface area contributed by atoms with Crippen molar-refractivity contribution >= 4 is 11.9 Å². The standard InChI is InChI=1S/C12H19N3O4/c1-12(2,3)19-7-9(16)14-10(11(17)18)8-5-13-15(4)6-8/h5-6,10H,7H2,1-4H3,(H,14,16)(H,17,18). The van der Waals surface area contributed by atoms with E-state index in [2.05, 4.69) is 10.4 Å². The van der Waals surface area contributed by atoms with Crippen LogP contribution in [0.4, 0.5) is 0 Å². The molecule has 0 saturated heterocycles. The number of carboxylic acids is 1. The molecule has 1 unspecified atom stereocenters. The summed E-state index contributed by atoms with van der Waals surface area (Å²) in [4.78, 5) is 22.8. The number of amides is 1. The van der Waals surface area contributed by atoms with Gasteiger partial charge in [-0.1, -0.05) is 0 Å². The fraction of sp³-hybridized carbons (Fsp3) is 0.583. The summed E-state index contributed by atoms with van der Waals surface area (Å²) in [6, 6.07) is -1.12. The molecule has 1 aromatic rings. The van der Waals surface area contributed by atoms with E-state index in [1.807, 2.05) is 20.8 Å². The fourth-order valence-electron chi connectivity index (χ4n) is 1.36. The molecule has 1 heterocycles. The highest BCUT2D eigenvalue weighted by atomic mass is 16.5. The van der Waals surface area contributed by atoms with Gasteiger partial charge in [-0.3, -0.25) is 9.48 Å². The molecule has 0 aliphatic carbocycles. The molecular weight excluding hydrogens is 250 g/mol. The molecule has 0 bridgehead atoms. The number of aryl methyl sites for hydroxylation is 1. The molecule has 0 aromatic carbocycles. The van der Waals surface area contributed by atoms with E-state index in [0.717, 1.165) is 0 Å². The molecule has 0 saturated carbocycles. The van der Waals surface area contributed by atoms with Crippen molar-refractivity contribution in [1.29, 1.82) is 0 Å². The van der Waals surface area contributed by atoms with Crippen molar-refractivity contribution in [2.75, 3.05) is 6.61 Å². The zero-order valence-corrected chi connectivity index (χ0v) is 11.5. The minimum Gasteiger partial charge on any atom is -0.479 e. The summed E-state index contributed by atoms with van der Waals surface area (Å²) < 4.78 is 6.76. The predicted octanol–water partition coefficient (Wildman–Crippen LogP) is 0.477. The number of carbonyl (C=O) groups excluding carboxylic acids is 1. The van der Waals surface area contributed by atoms with Gasteiger partial charge in [0.2, 0.25) is 5.91 Å². The van der Waals surface area contributed by atoms with Crippen LogP contribution in [0.3, 0.4) is 0 Å². The summed E-state index contributed by atoms with van der Waals surface area (Å²) >= 11 is 0. The number of rotatable bonds is 5. The van der Waals surface area contributed by atoms with E-state index in [4.69, 9.17) is 9.84 Å². The number of carboxylic acid groups (broad SMARTS) is 1. The van der Waals surface area contributed by atoms with Crippen molar-refractivity contribution in [3.05, 3.63) is 18.0 Å². The summed E-state index contributed by atoms with van der Waals surface area (Å²) in [6.07, 6.45) is 2.95. The lowest BCUT2D eigenvalue weighted by molar-refractivity contribution is -0.143. The van der Waals surface area contributed by atoms with E-state index < -0.39 is 23.5 Å². The minimum atomic E-state index is -1.14. The maximum absolute atomic E-state index is 11.7. The minimum absolute atomic E-state index is 0.187. The molecule has 7 heteroatoms. The maximum Gasteiger partial charge on any atom is 0.331 e. The molecule has 0 fully saturated rings. The number of hydrogen-bond donors (Lipinski definition) is 2. The molecule has 19 heavy (non-hydrogen) atoms. The molecular formula is C12H19N3O4. The highest BCUT2D eigenvalue weighted by Crippen LogP contribution is 2.12. The Bertz CT molecular complexity index is 462. The van der Waals surface area contributed by atoms with E-state index in [0.29, 0.717) is 5.56 Å². The van der Waals surface area contributed by atoms with Gasteiger partial charge in [0.1, 0.15) is 6.61 Å². The van der Waals surface area contributed by atoms with Gasteiger partial charge in [0.05, 0.1) is 11.8 Å². The Morgan fingerprint density at radius 3 is 2.58 bits per heavy atom. The molecule has 7 nitrogen and oxygen atoms in total. The van der Waals surface area contributed by atoms with Crippen molar-refractivity contribution in [1.82, 2.24) is 15.1 Å². The number of nitrogens with one attached hydrogen (secondary N) is 1. The molecule has 0 radical (unpaired) electrons. The van der Waals surface area contributed by atoms with E-state index in [1.54, 1.807) is 13.2 Å². The Kier molecular flexibility index (Phi) is 4.66. The third kappa shape index (κ3) is 5.09. The second kappa shape index (κ2) is 5.83. The van der Waals surface area contributed by atoms with Crippen LogP contribution in [0.15, 0.2) is 12.4 Å². The Morgan fingerprint density at radius 2 is 2.16 bits per heavy atom. The zero-order chi connectivity index (χ0) is 14.6. The zero-order valence-electron chi connectivity index (χ0n) is 11.5. The lowest BCUT2D eigenvalue weighted by atomic mass is 10.1. The number of aliphatic carboxylic acids is 1. The average molecular weight is 269 g/mol. The average Bonchev–Trinajstić information content (AvgIpc) is 2.68. The third-order valence-corrected chi connectivity index (χ3v) is 2.25. The summed E-state index contributed by atoms with van der Waals surface area (Å²) in [7, 11) is 1.67. The molecule has 1 rings (SSSR count). The lowest BCUT2D eigenvalue weighted by Crippen LogP contribution is -2.37. The molecule has 1 atom stereocenters. The number of carbonyl (C=O) groups is 2. The van der Waals surface area contributed by atoms with Gasteiger partial charge in [0, 0.05) is 18.8 Å². The van der Waals surface area contributed by atoms with Gasteiger partial charge in [0.25, 0.3) is 0 Å². The lowest BCUT2D eigenvalue weighted by Gasteiger charge is -2.20. The Hall–Kier alpha value is -1.89. The van der Waals surface area contributed by atoms with Crippen LogP contribution in [-0.2, 0) is 21.4 Å². The van der Waals surface area contributed by atoms with Gasteiger partial charge >= 0.3 is 5.97 Å². The molecule has 106 valence electrons. The Labute approximate surface area is 111 Å². The van der Waals surface area contributed by atoms with Crippen LogP contribution in [0, 0.1) is 0 Å². The van der Waals surface area contributed by atoms with E-state index >= 15 is 0 Å². The first-order valence-corrected chi connectivity index (χ1v) is 5.84. The van der Waals surface area contributed by atoms with Crippen LogP contribution in [0.1, 0.15) is 32.4 Å². The Morgan fingerprint density at radius 1 is 1.53 bits per heavy atom. The summed E-state index contributed by atoms with van der Waals surface area (Å²) in [5.41, 5.74) is -0.0382. The molecule has 1 aromatic heterocycles. The quantitative estimate of drug-likeness (QED) is 0.810. The van der Waals surface area contributed by atoms with Crippen molar-refractivity contribution in [3.8, 4) is 0 Å². The summed E-state index contributed by atoms with van der Waals surface area (Å²) in [6.45, 7) is 5.26. The number of ether oxygens (including phenoxy) is 1. The van der Waals surface area contributed by atoms with Crippen LogP contribution in [0.25, 0.3) is 0 Å². The van der Waals surface area contributed by atoms with Gasteiger partial charge in [-0.05, 0) is 20.8 Å².